The lowest BCUT2D eigenvalue weighted by atomic mass is 10.0. The van der Waals surface area contributed by atoms with Crippen molar-refractivity contribution < 1.29 is 0 Å². The van der Waals surface area contributed by atoms with Crippen LogP contribution in [0.3, 0.4) is 0 Å². The molecule has 28 heavy (non-hydrogen) atoms. The fourth-order valence-electron chi connectivity index (χ4n) is 3.21. The van der Waals surface area contributed by atoms with Crippen LogP contribution in [0.25, 0.3) is 21.3 Å². The van der Waals surface area contributed by atoms with Crippen LogP contribution < -0.4 is 5.56 Å². The topological polar surface area (TPSA) is 76.0 Å². The van der Waals surface area contributed by atoms with Crippen molar-refractivity contribution in [1.82, 2.24) is 14.2 Å². The molecule has 3 aromatic heterocycles. The van der Waals surface area contributed by atoms with E-state index in [-0.39, 0.29) is 5.56 Å². The number of fused-ring (bicyclic) bond motifs is 1. The summed E-state index contributed by atoms with van der Waals surface area (Å²) in [7, 11) is 1.82. The summed E-state index contributed by atoms with van der Waals surface area (Å²) in [6.07, 6.45) is 3.03. The normalized spacial score (nSPS) is 11.4. The van der Waals surface area contributed by atoms with E-state index in [9.17, 15) is 4.79 Å². The molecule has 0 atom stereocenters. The van der Waals surface area contributed by atoms with Crippen molar-refractivity contribution in [2.75, 3.05) is 0 Å². The Morgan fingerprint density at radius 1 is 1.25 bits per heavy atom. The molecule has 138 valence electrons. The Morgan fingerprint density at radius 3 is 2.68 bits per heavy atom. The third kappa shape index (κ3) is 2.84. The van der Waals surface area contributed by atoms with E-state index < -0.39 is 0 Å². The number of hydrogen-bond donors (Lipinski definition) is 0. The monoisotopic (exact) mass is 387 g/mol. The summed E-state index contributed by atoms with van der Waals surface area (Å²) in [5, 5.41) is 14.1. The van der Waals surface area contributed by atoms with E-state index in [0.29, 0.717) is 15.9 Å². The maximum absolute atomic E-state index is 13.1. The number of aromatic nitrogens is 3. The highest BCUT2D eigenvalue weighted by molar-refractivity contribution is 7.19. The smallest absolute Gasteiger partial charge is 0.283 e. The highest BCUT2D eigenvalue weighted by atomic mass is 32.1. The van der Waals surface area contributed by atoms with Gasteiger partial charge in [-0.05, 0) is 25.5 Å². The standard InChI is InChI=1S/C21H17N5OS/c1-13-16(9-17(10-22)25(13)3)11-24-26-12-23-20-19(21(26)27)18(14(2)28-20)15-7-5-4-6-8-15/h4-9,11-12H,1-3H3/b24-11-. The van der Waals surface area contributed by atoms with Gasteiger partial charge in [-0.15, -0.1) is 11.3 Å². The molecule has 0 amide bonds. The summed E-state index contributed by atoms with van der Waals surface area (Å²) in [6.45, 7) is 3.90. The van der Waals surface area contributed by atoms with E-state index in [0.717, 1.165) is 27.3 Å². The van der Waals surface area contributed by atoms with E-state index in [1.54, 1.807) is 16.8 Å². The van der Waals surface area contributed by atoms with Crippen molar-refractivity contribution >= 4 is 27.8 Å². The second kappa shape index (κ2) is 6.91. The van der Waals surface area contributed by atoms with Gasteiger partial charge >= 0.3 is 0 Å². The minimum Gasteiger partial charge on any atom is -0.339 e. The summed E-state index contributed by atoms with van der Waals surface area (Å²) in [5.74, 6) is 0. The van der Waals surface area contributed by atoms with Crippen molar-refractivity contribution in [2.24, 2.45) is 12.1 Å². The molecule has 0 aliphatic carbocycles. The summed E-state index contributed by atoms with van der Waals surface area (Å²) in [6, 6.07) is 13.7. The number of hydrogen-bond acceptors (Lipinski definition) is 5. The van der Waals surface area contributed by atoms with Crippen molar-refractivity contribution in [2.45, 2.75) is 13.8 Å². The van der Waals surface area contributed by atoms with Crippen LogP contribution in [0.5, 0.6) is 0 Å². The maximum Gasteiger partial charge on any atom is 0.283 e. The van der Waals surface area contributed by atoms with Crippen molar-refractivity contribution in [3.05, 3.63) is 74.9 Å². The summed E-state index contributed by atoms with van der Waals surface area (Å²) < 4.78 is 3.04. The molecule has 0 fully saturated rings. The van der Waals surface area contributed by atoms with Gasteiger partial charge in [0.05, 0.1) is 11.6 Å². The second-order valence-electron chi connectivity index (χ2n) is 6.46. The van der Waals surface area contributed by atoms with E-state index >= 15 is 0 Å². The van der Waals surface area contributed by atoms with Gasteiger partial charge in [-0.25, -0.2) is 4.98 Å². The highest BCUT2D eigenvalue weighted by Gasteiger charge is 2.16. The Bertz CT molecular complexity index is 1320. The molecular formula is C21H17N5OS. The average molecular weight is 387 g/mol. The Morgan fingerprint density at radius 2 is 2.00 bits per heavy atom. The van der Waals surface area contributed by atoms with Crippen LogP contribution in [-0.2, 0) is 7.05 Å². The Kier molecular flexibility index (Phi) is 4.41. The van der Waals surface area contributed by atoms with Gasteiger partial charge in [0.1, 0.15) is 22.9 Å². The van der Waals surface area contributed by atoms with Crippen molar-refractivity contribution in [3.63, 3.8) is 0 Å². The first-order valence-electron chi connectivity index (χ1n) is 8.68. The van der Waals surface area contributed by atoms with Gasteiger partial charge < -0.3 is 4.57 Å². The number of benzene rings is 1. The molecule has 0 N–H and O–H groups in total. The zero-order chi connectivity index (χ0) is 19.8. The number of thiophene rings is 1. The largest absolute Gasteiger partial charge is 0.339 e. The number of aryl methyl sites for hydroxylation is 1. The lowest BCUT2D eigenvalue weighted by Crippen LogP contribution is -2.17. The fraction of sp³-hybridized carbons (Fsp3) is 0.143. The fourth-order valence-corrected chi connectivity index (χ4v) is 4.22. The quantitative estimate of drug-likeness (QED) is 0.501. The zero-order valence-electron chi connectivity index (χ0n) is 15.7. The van der Waals surface area contributed by atoms with Gasteiger partial charge in [0.25, 0.3) is 5.56 Å². The van der Waals surface area contributed by atoms with Gasteiger partial charge in [-0.3, -0.25) is 4.79 Å². The zero-order valence-corrected chi connectivity index (χ0v) is 16.5. The lowest BCUT2D eigenvalue weighted by molar-refractivity contribution is 0.818. The second-order valence-corrected chi connectivity index (χ2v) is 7.66. The van der Waals surface area contributed by atoms with Crippen molar-refractivity contribution in [3.8, 4) is 17.2 Å². The first-order chi connectivity index (χ1) is 13.5. The predicted octanol–water partition coefficient (Wildman–Crippen LogP) is 3.83. The van der Waals surface area contributed by atoms with Crippen LogP contribution in [-0.4, -0.2) is 20.4 Å². The van der Waals surface area contributed by atoms with E-state index in [4.69, 9.17) is 5.26 Å². The van der Waals surface area contributed by atoms with Crippen molar-refractivity contribution in [1.29, 1.82) is 5.26 Å². The molecule has 0 aliphatic heterocycles. The van der Waals surface area contributed by atoms with Gasteiger partial charge in [0.2, 0.25) is 0 Å². The Balaban J connectivity index is 1.85. The molecule has 4 aromatic rings. The molecule has 1 aromatic carbocycles. The van der Waals surface area contributed by atoms with E-state index in [1.807, 2.05) is 51.2 Å². The van der Waals surface area contributed by atoms with Gasteiger partial charge in [0, 0.05) is 28.7 Å². The van der Waals surface area contributed by atoms with Crippen LogP contribution in [0.15, 0.2) is 52.6 Å². The molecule has 0 bridgehead atoms. The van der Waals surface area contributed by atoms with Gasteiger partial charge in [-0.2, -0.15) is 15.0 Å². The summed E-state index contributed by atoms with van der Waals surface area (Å²) in [5.41, 5.74) is 3.92. The highest BCUT2D eigenvalue weighted by Crippen LogP contribution is 2.35. The number of rotatable bonds is 3. The van der Waals surface area contributed by atoms with Gasteiger partial charge in [-0.1, -0.05) is 30.3 Å². The summed E-state index contributed by atoms with van der Waals surface area (Å²) in [4.78, 5) is 19.3. The first kappa shape index (κ1) is 17.9. The molecular weight excluding hydrogens is 370 g/mol. The molecule has 0 saturated carbocycles. The predicted molar refractivity (Wildman–Crippen MR) is 112 cm³/mol. The molecule has 7 heteroatoms. The third-order valence-corrected chi connectivity index (χ3v) is 5.86. The average Bonchev–Trinajstić information content (AvgIpc) is 3.19. The molecule has 4 rings (SSSR count). The first-order valence-corrected chi connectivity index (χ1v) is 9.50. The minimum absolute atomic E-state index is 0.210. The third-order valence-electron chi connectivity index (χ3n) is 4.84. The molecule has 0 radical (unpaired) electrons. The molecule has 0 spiro atoms. The molecule has 3 heterocycles. The molecule has 0 saturated heterocycles. The Hall–Kier alpha value is -3.50. The minimum atomic E-state index is -0.210. The van der Waals surface area contributed by atoms with E-state index in [1.165, 1.54) is 22.3 Å². The van der Waals surface area contributed by atoms with E-state index in [2.05, 4.69) is 16.2 Å². The van der Waals surface area contributed by atoms with Gasteiger partial charge in [0.15, 0.2) is 0 Å². The maximum atomic E-state index is 13.1. The number of nitriles is 1. The van der Waals surface area contributed by atoms with Crippen LogP contribution in [0.4, 0.5) is 0 Å². The molecule has 0 unspecified atom stereocenters. The lowest BCUT2D eigenvalue weighted by Gasteiger charge is -2.02. The number of nitrogens with zero attached hydrogens (tertiary/aromatic N) is 5. The Labute approximate surface area is 165 Å². The van der Waals surface area contributed by atoms with Crippen LogP contribution in [0, 0.1) is 25.2 Å². The van der Waals surface area contributed by atoms with Crippen LogP contribution in [0.1, 0.15) is 21.8 Å². The molecule has 0 aliphatic rings. The SMILES string of the molecule is Cc1sc2ncn(/N=C\c3cc(C#N)n(C)c3C)c(=O)c2c1-c1ccccc1. The summed E-state index contributed by atoms with van der Waals surface area (Å²) >= 11 is 1.51. The van der Waals surface area contributed by atoms with Crippen LogP contribution >= 0.6 is 11.3 Å². The molecule has 6 nitrogen and oxygen atoms in total. The van der Waals surface area contributed by atoms with Crippen LogP contribution in [0.2, 0.25) is 0 Å².